The van der Waals surface area contributed by atoms with Gasteiger partial charge in [0.2, 0.25) is 0 Å². The third-order valence-electron chi connectivity index (χ3n) is 5.77. The van der Waals surface area contributed by atoms with E-state index in [1.54, 1.807) is 60.9 Å². The normalized spacial score (nSPS) is 17.3. The molecule has 1 unspecified atom stereocenters. The van der Waals surface area contributed by atoms with E-state index in [1.165, 1.54) is 4.90 Å². The third-order valence-corrected chi connectivity index (χ3v) is 6.01. The number of ketones is 1. The van der Waals surface area contributed by atoms with Gasteiger partial charge in [-0.15, -0.1) is 0 Å². The number of Topliss-reactive ketones (excluding diaryl/α,β-unsaturated/α-hetero) is 1. The van der Waals surface area contributed by atoms with E-state index in [2.05, 4.69) is 4.98 Å². The molecule has 7 heteroatoms. The van der Waals surface area contributed by atoms with Crippen LogP contribution in [0.4, 0.5) is 5.69 Å². The van der Waals surface area contributed by atoms with Crippen molar-refractivity contribution in [1.29, 1.82) is 0 Å². The summed E-state index contributed by atoms with van der Waals surface area (Å²) in [5.41, 5.74) is 3.14. The van der Waals surface area contributed by atoms with Crippen molar-refractivity contribution in [3.8, 4) is 5.75 Å². The Bertz CT molecular complexity index is 1290. The molecule has 0 bridgehead atoms. The number of halogens is 1. The number of aliphatic hydroxyl groups excluding tert-OH is 1. The van der Waals surface area contributed by atoms with Gasteiger partial charge in [0.25, 0.3) is 11.7 Å². The maximum absolute atomic E-state index is 13.3. The number of ether oxygens (including phenoxy) is 1. The predicted molar refractivity (Wildman–Crippen MR) is 132 cm³/mol. The molecule has 1 amide bonds. The van der Waals surface area contributed by atoms with Crippen molar-refractivity contribution in [3.63, 3.8) is 0 Å². The summed E-state index contributed by atoms with van der Waals surface area (Å²) in [7, 11) is 0. The Morgan fingerprint density at radius 1 is 1.12 bits per heavy atom. The SMILES string of the molecule is CCCOc1ccc(/C(O)=C2\C(=O)C(=O)N(c3ccc(Cl)cc3C)C2c2cccnc2)cc1C. The molecular formula is C27H25ClN2O4. The number of hydrogen-bond donors (Lipinski definition) is 1. The van der Waals surface area contributed by atoms with Gasteiger partial charge >= 0.3 is 0 Å². The standard InChI is InChI=1S/C27H25ClN2O4/c1-4-12-34-22-10-7-18(13-17(22)3)25(31)23-24(19-6-5-11-29-15-19)30(27(33)26(23)32)21-9-8-20(28)14-16(21)2/h5-11,13-15,24,31H,4,12H2,1-3H3/b25-23+. The molecule has 2 aromatic carbocycles. The van der Waals surface area contributed by atoms with Crippen LogP contribution in [0.5, 0.6) is 5.75 Å². The number of amides is 1. The molecule has 174 valence electrons. The zero-order valence-electron chi connectivity index (χ0n) is 19.2. The summed E-state index contributed by atoms with van der Waals surface area (Å²) < 4.78 is 5.73. The molecule has 1 aliphatic rings. The smallest absolute Gasteiger partial charge is 0.300 e. The van der Waals surface area contributed by atoms with Gasteiger partial charge in [-0.05, 0) is 79.4 Å². The lowest BCUT2D eigenvalue weighted by Crippen LogP contribution is -2.30. The monoisotopic (exact) mass is 476 g/mol. The van der Waals surface area contributed by atoms with Crippen molar-refractivity contribution in [2.75, 3.05) is 11.5 Å². The molecular weight excluding hydrogens is 452 g/mol. The number of anilines is 1. The number of carbonyl (C=O) groups excluding carboxylic acids is 2. The number of benzene rings is 2. The summed E-state index contributed by atoms with van der Waals surface area (Å²) in [5, 5.41) is 11.8. The van der Waals surface area contributed by atoms with Crippen LogP contribution in [0.3, 0.4) is 0 Å². The lowest BCUT2D eigenvalue weighted by atomic mass is 9.95. The molecule has 3 aromatic rings. The van der Waals surface area contributed by atoms with Crippen LogP contribution in [0.1, 0.15) is 41.6 Å². The van der Waals surface area contributed by atoms with E-state index in [1.807, 2.05) is 20.8 Å². The summed E-state index contributed by atoms with van der Waals surface area (Å²) in [6.07, 6.45) is 4.08. The third kappa shape index (κ3) is 4.29. The fraction of sp³-hybridized carbons (Fsp3) is 0.222. The lowest BCUT2D eigenvalue weighted by Gasteiger charge is -2.26. The van der Waals surface area contributed by atoms with Crippen molar-refractivity contribution < 1.29 is 19.4 Å². The molecule has 0 radical (unpaired) electrons. The number of nitrogens with zero attached hydrogens (tertiary/aromatic N) is 2. The highest BCUT2D eigenvalue weighted by Gasteiger charge is 2.47. The topological polar surface area (TPSA) is 79.7 Å². The summed E-state index contributed by atoms with van der Waals surface area (Å²) >= 11 is 6.12. The molecule has 6 nitrogen and oxygen atoms in total. The van der Waals surface area contributed by atoms with Crippen molar-refractivity contribution in [2.24, 2.45) is 0 Å². The average Bonchev–Trinajstić information content (AvgIpc) is 3.09. The maximum atomic E-state index is 13.3. The first-order chi connectivity index (χ1) is 16.3. The summed E-state index contributed by atoms with van der Waals surface area (Å²) in [4.78, 5) is 32.1. The minimum atomic E-state index is -0.843. The molecule has 1 N–H and O–H groups in total. The Labute approximate surface area is 203 Å². The number of aliphatic hydroxyl groups is 1. The van der Waals surface area contributed by atoms with E-state index < -0.39 is 17.7 Å². The van der Waals surface area contributed by atoms with Gasteiger partial charge < -0.3 is 9.84 Å². The van der Waals surface area contributed by atoms with Gasteiger partial charge in [-0.25, -0.2) is 0 Å². The minimum Gasteiger partial charge on any atom is -0.507 e. The molecule has 4 rings (SSSR count). The number of carbonyl (C=O) groups is 2. The lowest BCUT2D eigenvalue weighted by molar-refractivity contribution is -0.132. The Hall–Kier alpha value is -3.64. The van der Waals surface area contributed by atoms with E-state index in [-0.39, 0.29) is 11.3 Å². The molecule has 0 spiro atoms. The molecule has 0 saturated carbocycles. The average molecular weight is 477 g/mol. The molecule has 0 aliphatic carbocycles. The Kier molecular flexibility index (Phi) is 6.70. The molecule has 1 fully saturated rings. The van der Waals surface area contributed by atoms with E-state index >= 15 is 0 Å². The van der Waals surface area contributed by atoms with Crippen LogP contribution < -0.4 is 9.64 Å². The van der Waals surface area contributed by atoms with Crippen molar-refractivity contribution in [2.45, 2.75) is 33.2 Å². The first-order valence-electron chi connectivity index (χ1n) is 11.0. The van der Waals surface area contributed by atoms with Crippen molar-refractivity contribution >= 4 is 34.7 Å². The Morgan fingerprint density at radius 3 is 2.56 bits per heavy atom. The van der Waals surface area contributed by atoms with Crippen LogP contribution in [0.25, 0.3) is 5.76 Å². The van der Waals surface area contributed by atoms with E-state index in [9.17, 15) is 14.7 Å². The van der Waals surface area contributed by atoms with Gasteiger partial charge in [0.15, 0.2) is 0 Å². The van der Waals surface area contributed by atoms with Crippen molar-refractivity contribution in [3.05, 3.63) is 93.8 Å². The fourth-order valence-corrected chi connectivity index (χ4v) is 4.38. The van der Waals surface area contributed by atoms with Crippen LogP contribution in [0.15, 0.2) is 66.5 Å². The van der Waals surface area contributed by atoms with Gasteiger partial charge in [-0.3, -0.25) is 19.5 Å². The molecule has 1 aromatic heterocycles. The summed E-state index contributed by atoms with van der Waals surface area (Å²) in [5.74, 6) is -1.02. The van der Waals surface area contributed by atoms with Crippen LogP contribution in [0.2, 0.25) is 5.02 Å². The highest BCUT2D eigenvalue weighted by atomic mass is 35.5. The fourth-order valence-electron chi connectivity index (χ4n) is 4.15. The highest BCUT2D eigenvalue weighted by Crippen LogP contribution is 2.43. The zero-order chi connectivity index (χ0) is 24.4. The molecule has 2 heterocycles. The number of aryl methyl sites for hydroxylation is 2. The van der Waals surface area contributed by atoms with Gasteiger partial charge in [0.05, 0.1) is 18.2 Å². The summed E-state index contributed by atoms with van der Waals surface area (Å²) in [6.45, 7) is 6.30. The molecule has 1 saturated heterocycles. The summed E-state index contributed by atoms with van der Waals surface area (Å²) in [6, 6.07) is 13.0. The predicted octanol–water partition coefficient (Wildman–Crippen LogP) is 5.77. The second kappa shape index (κ2) is 9.69. The Morgan fingerprint density at radius 2 is 1.91 bits per heavy atom. The second-order valence-corrected chi connectivity index (χ2v) is 8.65. The number of aromatic nitrogens is 1. The zero-order valence-corrected chi connectivity index (χ0v) is 20.0. The largest absolute Gasteiger partial charge is 0.507 e. The van der Waals surface area contributed by atoms with Gasteiger partial charge in [0, 0.05) is 28.7 Å². The van der Waals surface area contributed by atoms with Crippen LogP contribution in [-0.4, -0.2) is 28.4 Å². The van der Waals surface area contributed by atoms with Gasteiger partial charge in [-0.2, -0.15) is 0 Å². The van der Waals surface area contributed by atoms with Gasteiger partial charge in [-0.1, -0.05) is 24.6 Å². The first-order valence-corrected chi connectivity index (χ1v) is 11.4. The second-order valence-electron chi connectivity index (χ2n) is 8.22. The minimum absolute atomic E-state index is 0.00831. The van der Waals surface area contributed by atoms with Gasteiger partial charge in [0.1, 0.15) is 11.5 Å². The molecule has 34 heavy (non-hydrogen) atoms. The van der Waals surface area contributed by atoms with Crippen molar-refractivity contribution in [1.82, 2.24) is 4.98 Å². The molecule has 1 atom stereocenters. The number of pyridine rings is 1. The molecule has 1 aliphatic heterocycles. The quantitative estimate of drug-likeness (QED) is 0.277. The van der Waals surface area contributed by atoms with Crippen LogP contribution >= 0.6 is 11.6 Å². The highest BCUT2D eigenvalue weighted by molar-refractivity contribution is 6.51. The number of rotatable bonds is 6. The first kappa shape index (κ1) is 23.5. The maximum Gasteiger partial charge on any atom is 0.300 e. The Balaban J connectivity index is 1.88. The number of hydrogen-bond acceptors (Lipinski definition) is 5. The van der Waals surface area contributed by atoms with Crippen LogP contribution in [0, 0.1) is 13.8 Å². The van der Waals surface area contributed by atoms with E-state index in [4.69, 9.17) is 16.3 Å². The van der Waals surface area contributed by atoms with Crippen LogP contribution in [-0.2, 0) is 9.59 Å². The van der Waals surface area contributed by atoms with E-state index in [0.29, 0.717) is 34.2 Å². The van der Waals surface area contributed by atoms with E-state index in [0.717, 1.165) is 17.5 Å².